The Bertz CT molecular complexity index is 249. The summed E-state index contributed by atoms with van der Waals surface area (Å²) in [5, 5.41) is 0. The fraction of sp³-hybridized carbons (Fsp3) is 0.455. The third-order valence-corrected chi connectivity index (χ3v) is 2.25. The average molecular weight is 178 g/mol. The maximum absolute atomic E-state index is 5.95. The lowest BCUT2D eigenvalue weighted by Gasteiger charge is -2.31. The van der Waals surface area contributed by atoms with E-state index in [2.05, 4.69) is 17.0 Å². The van der Waals surface area contributed by atoms with E-state index in [0.717, 1.165) is 6.54 Å². The minimum atomic E-state index is -0.254. The van der Waals surface area contributed by atoms with Crippen molar-refractivity contribution in [1.82, 2.24) is 4.90 Å². The van der Waals surface area contributed by atoms with Gasteiger partial charge in [0.1, 0.15) is 0 Å². The molecule has 2 N–H and O–H groups in total. The van der Waals surface area contributed by atoms with Gasteiger partial charge in [-0.2, -0.15) is 0 Å². The Morgan fingerprint density at radius 1 is 1.23 bits per heavy atom. The van der Waals surface area contributed by atoms with E-state index in [9.17, 15) is 0 Å². The predicted molar refractivity (Wildman–Crippen MR) is 56.2 cm³/mol. The van der Waals surface area contributed by atoms with Gasteiger partial charge in [0.05, 0.1) is 5.66 Å². The molecular weight excluding hydrogens is 160 g/mol. The third-order valence-electron chi connectivity index (χ3n) is 2.25. The average Bonchev–Trinajstić information content (AvgIpc) is 2.04. The number of hydrogen-bond acceptors (Lipinski definition) is 2. The lowest BCUT2D eigenvalue weighted by molar-refractivity contribution is 0.155. The lowest BCUT2D eigenvalue weighted by atomic mass is 10.1. The van der Waals surface area contributed by atoms with Gasteiger partial charge in [0, 0.05) is 6.54 Å². The van der Waals surface area contributed by atoms with Crippen LogP contribution >= 0.6 is 0 Å². The molecule has 1 aromatic carbocycles. The van der Waals surface area contributed by atoms with Gasteiger partial charge in [-0.1, -0.05) is 30.3 Å². The molecule has 0 bridgehead atoms. The van der Waals surface area contributed by atoms with Crippen LogP contribution in [-0.4, -0.2) is 17.6 Å². The van der Waals surface area contributed by atoms with Gasteiger partial charge in [-0.15, -0.1) is 0 Å². The molecule has 0 unspecified atom stereocenters. The Morgan fingerprint density at radius 3 is 2.23 bits per heavy atom. The van der Waals surface area contributed by atoms with Crippen LogP contribution in [0.3, 0.4) is 0 Å². The van der Waals surface area contributed by atoms with E-state index < -0.39 is 0 Å². The number of benzene rings is 1. The summed E-state index contributed by atoms with van der Waals surface area (Å²) in [5.74, 6) is 0. The van der Waals surface area contributed by atoms with Crippen LogP contribution in [0, 0.1) is 0 Å². The minimum absolute atomic E-state index is 0.254. The van der Waals surface area contributed by atoms with Gasteiger partial charge >= 0.3 is 0 Å². The van der Waals surface area contributed by atoms with E-state index >= 15 is 0 Å². The van der Waals surface area contributed by atoms with Crippen LogP contribution in [0.5, 0.6) is 0 Å². The van der Waals surface area contributed by atoms with Crippen molar-refractivity contribution in [2.75, 3.05) is 7.05 Å². The van der Waals surface area contributed by atoms with E-state index in [4.69, 9.17) is 5.73 Å². The van der Waals surface area contributed by atoms with E-state index in [0.29, 0.717) is 0 Å². The Labute approximate surface area is 80.4 Å². The first kappa shape index (κ1) is 10.2. The summed E-state index contributed by atoms with van der Waals surface area (Å²) in [4.78, 5) is 2.13. The fourth-order valence-corrected chi connectivity index (χ4v) is 1.06. The smallest absolute Gasteiger partial charge is 0.0629 e. The molecule has 0 aliphatic heterocycles. The first-order valence-corrected chi connectivity index (χ1v) is 4.54. The standard InChI is InChI=1S/C11H18N2/c1-11(2,12)13(3)9-10-7-5-4-6-8-10/h4-8H,9,12H2,1-3H3. The molecular formula is C11H18N2. The van der Waals surface area contributed by atoms with Gasteiger partial charge in [0.15, 0.2) is 0 Å². The summed E-state index contributed by atoms with van der Waals surface area (Å²) in [6.07, 6.45) is 0. The third kappa shape index (κ3) is 3.17. The molecule has 0 saturated carbocycles. The molecule has 1 rings (SSSR count). The highest BCUT2D eigenvalue weighted by Crippen LogP contribution is 2.09. The molecule has 72 valence electrons. The summed E-state index contributed by atoms with van der Waals surface area (Å²) in [5.41, 5.74) is 6.99. The summed E-state index contributed by atoms with van der Waals surface area (Å²) in [7, 11) is 2.03. The van der Waals surface area contributed by atoms with Crippen molar-refractivity contribution in [3.63, 3.8) is 0 Å². The Kier molecular flexibility index (Phi) is 3.07. The van der Waals surface area contributed by atoms with Crippen LogP contribution in [0.1, 0.15) is 19.4 Å². The molecule has 2 nitrogen and oxygen atoms in total. The zero-order valence-corrected chi connectivity index (χ0v) is 8.62. The minimum Gasteiger partial charge on any atom is -0.314 e. The van der Waals surface area contributed by atoms with Gasteiger partial charge in [-0.25, -0.2) is 0 Å². The van der Waals surface area contributed by atoms with Gasteiger partial charge in [0.2, 0.25) is 0 Å². The number of nitrogens with zero attached hydrogens (tertiary/aromatic N) is 1. The molecule has 0 spiro atoms. The highest BCUT2D eigenvalue weighted by Gasteiger charge is 2.16. The van der Waals surface area contributed by atoms with Gasteiger partial charge < -0.3 is 5.73 Å². The maximum atomic E-state index is 5.95. The Hall–Kier alpha value is -0.860. The van der Waals surface area contributed by atoms with E-state index in [1.54, 1.807) is 0 Å². The second-order valence-electron chi connectivity index (χ2n) is 4.00. The molecule has 0 saturated heterocycles. The van der Waals surface area contributed by atoms with Crippen LogP contribution in [0.15, 0.2) is 30.3 Å². The Morgan fingerprint density at radius 2 is 1.77 bits per heavy atom. The van der Waals surface area contributed by atoms with Crippen molar-refractivity contribution < 1.29 is 0 Å². The van der Waals surface area contributed by atoms with Crippen molar-refractivity contribution in [3.05, 3.63) is 35.9 Å². The highest BCUT2D eigenvalue weighted by atomic mass is 15.2. The van der Waals surface area contributed by atoms with E-state index in [-0.39, 0.29) is 5.66 Å². The molecule has 0 atom stereocenters. The second kappa shape index (κ2) is 3.90. The van der Waals surface area contributed by atoms with E-state index in [1.165, 1.54) is 5.56 Å². The number of rotatable bonds is 3. The first-order valence-electron chi connectivity index (χ1n) is 4.54. The number of nitrogens with two attached hydrogens (primary N) is 1. The van der Waals surface area contributed by atoms with Crippen molar-refractivity contribution in [2.24, 2.45) is 5.73 Å². The summed E-state index contributed by atoms with van der Waals surface area (Å²) >= 11 is 0. The van der Waals surface area contributed by atoms with Crippen molar-refractivity contribution in [3.8, 4) is 0 Å². The van der Waals surface area contributed by atoms with Gasteiger partial charge in [-0.3, -0.25) is 4.90 Å². The SMILES string of the molecule is CN(Cc1ccccc1)C(C)(C)N. The lowest BCUT2D eigenvalue weighted by Crippen LogP contribution is -2.48. The molecule has 0 fully saturated rings. The monoisotopic (exact) mass is 178 g/mol. The van der Waals surface area contributed by atoms with Crippen molar-refractivity contribution in [2.45, 2.75) is 26.1 Å². The molecule has 0 radical (unpaired) electrons. The first-order chi connectivity index (χ1) is 6.00. The molecule has 2 heteroatoms. The van der Waals surface area contributed by atoms with Crippen LogP contribution in [0.2, 0.25) is 0 Å². The topological polar surface area (TPSA) is 29.3 Å². The molecule has 0 amide bonds. The Balaban J connectivity index is 2.61. The molecule has 1 aromatic rings. The number of hydrogen-bond donors (Lipinski definition) is 1. The van der Waals surface area contributed by atoms with Crippen LogP contribution in [0.4, 0.5) is 0 Å². The zero-order valence-electron chi connectivity index (χ0n) is 8.62. The molecule has 0 heterocycles. The second-order valence-corrected chi connectivity index (χ2v) is 4.00. The van der Waals surface area contributed by atoms with Crippen molar-refractivity contribution >= 4 is 0 Å². The zero-order chi connectivity index (χ0) is 9.90. The summed E-state index contributed by atoms with van der Waals surface area (Å²) in [6, 6.07) is 10.3. The summed E-state index contributed by atoms with van der Waals surface area (Å²) in [6.45, 7) is 4.91. The highest BCUT2D eigenvalue weighted by molar-refractivity contribution is 5.14. The quantitative estimate of drug-likeness (QED) is 0.715. The van der Waals surface area contributed by atoms with Gasteiger partial charge in [0.25, 0.3) is 0 Å². The van der Waals surface area contributed by atoms with Crippen molar-refractivity contribution in [1.29, 1.82) is 0 Å². The van der Waals surface area contributed by atoms with Crippen LogP contribution < -0.4 is 5.73 Å². The van der Waals surface area contributed by atoms with Crippen LogP contribution in [-0.2, 0) is 6.54 Å². The van der Waals surface area contributed by atoms with Crippen LogP contribution in [0.25, 0.3) is 0 Å². The molecule has 0 aliphatic carbocycles. The largest absolute Gasteiger partial charge is 0.314 e. The van der Waals surface area contributed by atoms with Gasteiger partial charge in [-0.05, 0) is 26.5 Å². The molecule has 0 aliphatic rings. The fourth-order valence-electron chi connectivity index (χ4n) is 1.06. The molecule has 13 heavy (non-hydrogen) atoms. The van der Waals surface area contributed by atoms with E-state index in [1.807, 2.05) is 39.1 Å². The normalized spacial score (nSPS) is 12.1. The predicted octanol–water partition coefficient (Wildman–Crippen LogP) is 1.81. The molecule has 0 aromatic heterocycles. The maximum Gasteiger partial charge on any atom is 0.0629 e. The summed E-state index contributed by atoms with van der Waals surface area (Å²) < 4.78 is 0.